The average molecular weight is 702 g/mol. The molecule has 1 heteroatoms. The van der Waals surface area contributed by atoms with Gasteiger partial charge in [0, 0.05) is 27.8 Å². The second kappa shape index (κ2) is 11.3. The third-order valence-electron chi connectivity index (χ3n) is 14.8. The Kier molecular flexibility index (Phi) is 6.83. The SMILES string of the molecule is CC(C)(C)c1ccc2c(c1)C1(c3cc(N(c4cccc(-c5ccccc5)c4)c4cccc5c4-c4ccccc4C5(C)C)ccc3-2)C2CC3CC(C2)CC1C3. The Morgan fingerprint density at radius 3 is 1.85 bits per heavy atom. The highest BCUT2D eigenvalue weighted by Gasteiger charge is 2.61. The zero-order valence-corrected chi connectivity index (χ0v) is 32.5. The Labute approximate surface area is 322 Å². The molecule has 12 rings (SSSR count). The van der Waals surface area contributed by atoms with Crippen molar-refractivity contribution in [3.8, 4) is 33.4 Å². The first-order valence-electron chi connectivity index (χ1n) is 20.6. The van der Waals surface area contributed by atoms with Crippen molar-refractivity contribution in [2.24, 2.45) is 23.7 Å². The molecule has 0 aromatic heterocycles. The predicted octanol–water partition coefficient (Wildman–Crippen LogP) is 14.1. The van der Waals surface area contributed by atoms with Crippen molar-refractivity contribution in [1.82, 2.24) is 0 Å². The number of nitrogens with zero attached hydrogens (tertiary/aromatic N) is 1. The minimum Gasteiger partial charge on any atom is -0.310 e. The maximum atomic E-state index is 2.68. The Bertz CT molecular complexity index is 2450. The molecule has 4 saturated carbocycles. The molecule has 0 atom stereocenters. The van der Waals surface area contributed by atoms with Crippen molar-refractivity contribution < 1.29 is 0 Å². The summed E-state index contributed by atoms with van der Waals surface area (Å²) in [5, 5.41) is 0. The van der Waals surface area contributed by atoms with Crippen LogP contribution in [-0.2, 0) is 16.2 Å². The molecule has 268 valence electrons. The van der Waals surface area contributed by atoms with Gasteiger partial charge >= 0.3 is 0 Å². The van der Waals surface area contributed by atoms with Gasteiger partial charge in [-0.05, 0) is 147 Å². The van der Waals surface area contributed by atoms with Crippen molar-refractivity contribution in [3.63, 3.8) is 0 Å². The topological polar surface area (TPSA) is 3.24 Å². The van der Waals surface area contributed by atoms with E-state index in [1.54, 1.807) is 11.1 Å². The van der Waals surface area contributed by atoms with Crippen molar-refractivity contribution in [1.29, 1.82) is 0 Å². The van der Waals surface area contributed by atoms with E-state index in [0.29, 0.717) is 11.8 Å². The Hall–Kier alpha value is -4.88. The molecular formula is C53H51N. The van der Waals surface area contributed by atoms with Crippen LogP contribution in [0.3, 0.4) is 0 Å². The van der Waals surface area contributed by atoms with E-state index in [2.05, 4.69) is 173 Å². The van der Waals surface area contributed by atoms with E-state index in [1.807, 2.05) is 0 Å². The summed E-state index contributed by atoms with van der Waals surface area (Å²) in [6.07, 6.45) is 7.01. The molecule has 1 spiro atoms. The highest BCUT2D eigenvalue weighted by molar-refractivity contribution is 5.96. The molecule has 0 unspecified atom stereocenters. The number of hydrogen-bond donors (Lipinski definition) is 0. The predicted molar refractivity (Wildman–Crippen MR) is 226 cm³/mol. The fourth-order valence-electron chi connectivity index (χ4n) is 12.6. The summed E-state index contributed by atoms with van der Waals surface area (Å²) in [6.45, 7) is 12.0. The van der Waals surface area contributed by atoms with Crippen LogP contribution in [0.15, 0.2) is 133 Å². The minimum absolute atomic E-state index is 0.0751. The van der Waals surface area contributed by atoms with Crippen LogP contribution in [0.5, 0.6) is 0 Å². The largest absolute Gasteiger partial charge is 0.310 e. The second-order valence-corrected chi connectivity index (χ2v) is 19.0. The van der Waals surface area contributed by atoms with Crippen molar-refractivity contribution in [3.05, 3.63) is 161 Å². The fraction of sp³-hybridized carbons (Fsp3) is 0.321. The average Bonchev–Trinajstić information content (AvgIpc) is 3.59. The molecule has 0 amide bonds. The Balaban J connectivity index is 1.17. The monoisotopic (exact) mass is 701 g/mol. The van der Waals surface area contributed by atoms with E-state index in [-0.39, 0.29) is 16.2 Å². The van der Waals surface area contributed by atoms with Gasteiger partial charge in [0.1, 0.15) is 0 Å². The lowest BCUT2D eigenvalue weighted by Crippen LogP contribution is -2.55. The Morgan fingerprint density at radius 1 is 0.500 bits per heavy atom. The van der Waals surface area contributed by atoms with E-state index >= 15 is 0 Å². The molecule has 0 aliphatic heterocycles. The third kappa shape index (κ3) is 4.45. The van der Waals surface area contributed by atoms with Gasteiger partial charge in [0.25, 0.3) is 0 Å². The fourth-order valence-corrected chi connectivity index (χ4v) is 12.6. The van der Waals surface area contributed by atoms with E-state index in [1.165, 1.54) is 99.2 Å². The van der Waals surface area contributed by atoms with E-state index in [9.17, 15) is 0 Å². The number of benzene rings is 6. The second-order valence-electron chi connectivity index (χ2n) is 19.0. The summed E-state index contributed by atoms with van der Waals surface area (Å²) in [6, 6.07) is 51.5. The molecule has 1 nitrogen and oxygen atoms in total. The molecule has 0 radical (unpaired) electrons. The van der Waals surface area contributed by atoms with Gasteiger partial charge in [-0.15, -0.1) is 0 Å². The first kappa shape index (κ1) is 32.5. The van der Waals surface area contributed by atoms with Crippen LogP contribution < -0.4 is 4.90 Å². The molecule has 4 fully saturated rings. The minimum atomic E-state index is -0.0751. The van der Waals surface area contributed by atoms with Gasteiger partial charge in [-0.1, -0.05) is 138 Å². The lowest BCUT2D eigenvalue weighted by atomic mass is 9.43. The quantitative estimate of drug-likeness (QED) is 0.177. The smallest absolute Gasteiger partial charge is 0.0543 e. The van der Waals surface area contributed by atoms with Gasteiger partial charge in [0.15, 0.2) is 0 Å². The third-order valence-corrected chi connectivity index (χ3v) is 14.8. The number of hydrogen-bond acceptors (Lipinski definition) is 1. The van der Waals surface area contributed by atoms with E-state index in [4.69, 9.17) is 0 Å². The summed E-state index contributed by atoms with van der Waals surface area (Å²) in [5.74, 6) is 3.24. The van der Waals surface area contributed by atoms with Crippen LogP contribution in [0.25, 0.3) is 33.4 Å². The van der Waals surface area contributed by atoms with Gasteiger partial charge in [0.05, 0.1) is 5.69 Å². The molecule has 6 aromatic rings. The molecule has 4 bridgehead atoms. The van der Waals surface area contributed by atoms with Crippen molar-refractivity contribution >= 4 is 17.1 Å². The maximum absolute atomic E-state index is 2.68. The highest BCUT2D eigenvalue weighted by atomic mass is 15.1. The van der Waals surface area contributed by atoms with Gasteiger partial charge < -0.3 is 4.90 Å². The van der Waals surface area contributed by atoms with E-state index in [0.717, 1.165) is 11.8 Å². The molecule has 6 aliphatic carbocycles. The molecule has 6 aromatic carbocycles. The summed E-state index contributed by atoms with van der Waals surface area (Å²) >= 11 is 0. The van der Waals surface area contributed by atoms with Crippen LogP contribution in [-0.4, -0.2) is 0 Å². The summed E-state index contributed by atoms with van der Waals surface area (Å²) in [5.41, 5.74) is 19.6. The molecule has 0 heterocycles. The first-order valence-corrected chi connectivity index (χ1v) is 20.6. The van der Waals surface area contributed by atoms with Gasteiger partial charge in [-0.25, -0.2) is 0 Å². The van der Waals surface area contributed by atoms with E-state index < -0.39 is 0 Å². The lowest BCUT2D eigenvalue weighted by Gasteiger charge is -2.61. The molecule has 6 aliphatic rings. The summed E-state index contributed by atoms with van der Waals surface area (Å²) in [4.78, 5) is 2.61. The zero-order chi connectivity index (χ0) is 36.6. The van der Waals surface area contributed by atoms with Crippen molar-refractivity contribution in [2.75, 3.05) is 4.90 Å². The van der Waals surface area contributed by atoms with Gasteiger partial charge in [-0.2, -0.15) is 0 Å². The van der Waals surface area contributed by atoms with Gasteiger partial charge in [0.2, 0.25) is 0 Å². The van der Waals surface area contributed by atoms with Crippen molar-refractivity contribution in [2.45, 2.75) is 83.0 Å². The Morgan fingerprint density at radius 2 is 1.11 bits per heavy atom. The lowest BCUT2D eigenvalue weighted by molar-refractivity contribution is -0.0399. The molecular weight excluding hydrogens is 651 g/mol. The normalized spacial score (nSPS) is 25.0. The number of fused-ring (bicyclic) bond motifs is 6. The first-order chi connectivity index (χ1) is 26.1. The standard InChI is InChI=1S/C53H51N/c1-51(2,3)37-21-23-42-43-24-22-41(32-48(43)53(47(42)31-37)38-26-33-25-34(28-38)29-39(53)27-33)54(40-16-11-15-36(30-40)35-13-7-6-8-14-35)49-20-12-19-46-50(49)44-17-9-10-18-45(44)52(46,4)5/h6-24,30-34,38-39H,25-29H2,1-5H3. The van der Waals surface area contributed by atoms with Crippen LogP contribution in [0.1, 0.15) is 94.5 Å². The molecule has 54 heavy (non-hydrogen) atoms. The molecule has 0 saturated heterocycles. The van der Waals surface area contributed by atoms with Gasteiger partial charge in [-0.3, -0.25) is 0 Å². The summed E-state index contributed by atoms with van der Waals surface area (Å²) < 4.78 is 0. The molecule has 0 N–H and O–H groups in total. The maximum Gasteiger partial charge on any atom is 0.0543 e. The van der Waals surface area contributed by atoms with Crippen LogP contribution in [0.4, 0.5) is 17.1 Å². The highest BCUT2D eigenvalue weighted by Crippen LogP contribution is 2.70. The zero-order valence-electron chi connectivity index (χ0n) is 32.5. The number of rotatable bonds is 4. The summed E-state index contributed by atoms with van der Waals surface area (Å²) in [7, 11) is 0. The number of anilines is 3. The van der Waals surface area contributed by atoms with Crippen LogP contribution in [0.2, 0.25) is 0 Å². The van der Waals surface area contributed by atoms with Crippen LogP contribution in [0, 0.1) is 23.7 Å². The van der Waals surface area contributed by atoms with Crippen LogP contribution >= 0.6 is 0 Å².